The van der Waals surface area contributed by atoms with Crippen molar-refractivity contribution in [2.24, 2.45) is 0 Å². The molecule has 3 aromatic rings. The van der Waals surface area contributed by atoms with Gasteiger partial charge in [-0.2, -0.15) is 5.10 Å². The summed E-state index contributed by atoms with van der Waals surface area (Å²) in [5.41, 5.74) is 1.15. The van der Waals surface area contributed by atoms with E-state index in [1.165, 1.54) is 30.5 Å². The van der Waals surface area contributed by atoms with Gasteiger partial charge >= 0.3 is 0 Å². The van der Waals surface area contributed by atoms with Gasteiger partial charge in [-0.25, -0.2) is 9.07 Å². The van der Waals surface area contributed by atoms with Gasteiger partial charge in [0.1, 0.15) is 24.7 Å². The van der Waals surface area contributed by atoms with Gasteiger partial charge in [0, 0.05) is 17.0 Å². The Morgan fingerprint density at radius 2 is 1.93 bits per heavy atom. The zero-order valence-electron chi connectivity index (χ0n) is 14.3. The minimum absolute atomic E-state index is 0.190. The fourth-order valence-electron chi connectivity index (χ4n) is 2.41. The number of nitrogens with zero attached hydrogens (tertiary/aromatic N) is 2. The van der Waals surface area contributed by atoms with Gasteiger partial charge in [0.05, 0.1) is 6.20 Å². The van der Waals surface area contributed by atoms with Crippen molar-refractivity contribution in [2.75, 3.05) is 0 Å². The van der Waals surface area contributed by atoms with Crippen LogP contribution in [0, 0.1) is 5.82 Å². The lowest BCUT2D eigenvalue weighted by Crippen LogP contribution is -2.26. The van der Waals surface area contributed by atoms with Crippen LogP contribution in [-0.2, 0) is 18.5 Å². The smallest absolute Gasteiger partial charge is 0.270 e. The number of aromatic nitrogens is 2. The van der Waals surface area contributed by atoms with Crippen molar-refractivity contribution in [1.29, 1.82) is 0 Å². The van der Waals surface area contributed by atoms with Crippen molar-refractivity contribution < 1.29 is 13.9 Å². The fraction of sp³-hybridized carbons (Fsp3) is 0.150. The van der Waals surface area contributed by atoms with Crippen molar-refractivity contribution in [3.63, 3.8) is 0 Å². The van der Waals surface area contributed by atoms with E-state index in [0.717, 1.165) is 10.2 Å². The van der Waals surface area contributed by atoms with Crippen molar-refractivity contribution in [3.8, 4) is 5.75 Å². The molecule has 0 saturated carbocycles. The third kappa shape index (κ3) is 4.89. The summed E-state index contributed by atoms with van der Waals surface area (Å²) in [4.78, 5) is 24.5. The van der Waals surface area contributed by atoms with E-state index >= 15 is 0 Å². The maximum atomic E-state index is 13.8. The number of halogens is 2. The van der Waals surface area contributed by atoms with Crippen molar-refractivity contribution in [2.45, 2.75) is 18.5 Å². The summed E-state index contributed by atoms with van der Waals surface area (Å²) >= 11 is 3.18. The average Bonchev–Trinajstić information content (AvgIpc) is 2.69. The van der Waals surface area contributed by atoms with E-state index < -0.39 is 17.2 Å². The predicted molar refractivity (Wildman–Crippen MR) is 103 cm³/mol. The van der Waals surface area contributed by atoms with E-state index in [-0.39, 0.29) is 12.1 Å². The standard InChI is InChI=1S/C20H16BrFN2O3/c21-10-16-7-6-15(8-18(16)22)19(25)12-24-20(26)9-17(11-23-24)27-13-14-4-2-1-3-5-14/h1-9,11H,10,12-13H2. The molecule has 1 aromatic heterocycles. The van der Waals surface area contributed by atoms with Crippen LogP contribution in [0.3, 0.4) is 0 Å². The molecule has 2 aromatic carbocycles. The lowest BCUT2D eigenvalue weighted by atomic mass is 10.1. The first-order valence-corrected chi connectivity index (χ1v) is 9.30. The zero-order chi connectivity index (χ0) is 19.2. The highest BCUT2D eigenvalue weighted by molar-refractivity contribution is 9.08. The van der Waals surface area contributed by atoms with Crippen molar-refractivity contribution >= 4 is 21.7 Å². The first kappa shape index (κ1) is 19.0. The SMILES string of the molecule is O=C(Cn1ncc(OCc2ccccc2)cc1=O)c1ccc(CBr)c(F)c1. The molecule has 0 aliphatic carbocycles. The van der Waals surface area contributed by atoms with Crippen LogP contribution in [0.2, 0.25) is 0 Å². The Labute approximate surface area is 163 Å². The number of Topliss-reactive ketones (excluding diaryl/α,β-unsaturated/α-hetero) is 1. The molecule has 0 N–H and O–H groups in total. The van der Waals surface area contributed by atoms with Crippen molar-refractivity contribution in [3.05, 3.63) is 93.7 Å². The first-order valence-electron chi connectivity index (χ1n) is 8.18. The van der Waals surface area contributed by atoms with Crippen LogP contribution in [0.5, 0.6) is 5.75 Å². The summed E-state index contributed by atoms with van der Waals surface area (Å²) in [5, 5.41) is 4.33. The monoisotopic (exact) mass is 430 g/mol. The van der Waals surface area contributed by atoms with Gasteiger partial charge in [0.25, 0.3) is 5.56 Å². The lowest BCUT2D eigenvalue weighted by Gasteiger charge is -2.08. The second-order valence-corrected chi connectivity index (χ2v) is 6.39. The number of ether oxygens (including phenoxy) is 1. The van der Waals surface area contributed by atoms with E-state index in [4.69, 9.17) is 4.74 Å². The van der Waals surface area contributed by atoms with Crippen LogP contribution in [0.1, 0.15) is 21.5 Å². The highest BCUT2D eigenvalue weighted by Gasteiger charge is 2.12. The van der Waals surface area contributed by atoms with Gasteiger partial charge < -0.3 is 4.74 Å². The van der Waals surface area contributed by atoms with Crippen LogP contribution in [0.15, 0.2) is 65.6 Å². The molecule has 0 saturated heterocycles. The fourth-order valence-corrected chi connectivity index (χ4v) is 2.87. The molecule has 0 spiro atoms. The molecule has 7 heteroatoms. The van der Waals surface area contributed by atoms with Crippen LogP contribution in [-0.4, -0.2) is 15.6 Å². The molecule has 138 valence electrons. The van der Waals surface area contributed by atoms with Crippen LogP contribution >= 0.6 is 15.9 Å². The summed E-state index contributed by atoms with van der Waals surface area (Å²) in [7, 11) is 0. The van der Waals surface area contributed by atoms with E-state index in [2.05, 4.69) is 21.0 Å². The first-order chi connectivity index (χ1) is 13.1. The minimum Gasteiger partial charge on any atom is -0.487 e. The number of rotatable bonds is 7. The van der Waals surface area contributed by atoms with E-state index in [1.807, 2.05) is 30.3 Å². The number of carbonyl (C=O) groups is 1. The second-order valence-electron chi connectivity index (χ2n) is 5.82. The molecule has 0 unspecified atom stereocenters. The Hall–Kier alpha value is -2.80. The Balaban J connectivity index is 1.68. The Morgan fingerprint density at radius 1 is 1.15 bits per heavy atom. The molecule has 0 atom stereocenters. The number of hydrogen-bond acceptors (Lipinski definition) is 4. The number of hydrogen-bond donors (Lipinski definition) is 0. The number of carbonyl (C=O) groups excluding carboxylic acids is 1. The second kappa shape index (κ2) is 8.73. The summed E-state index contributed by atoms with van der Waals surface area (Å²) in [5.74, 6) is -0.550. The highest BCUT2D eigenvalue weighted by Crippen LogP contribution is 2.14. The van der Waals surface area contributed by atoms with E-state index in [1.54, 1.807) is 0 Å². The minimum atomic E-state index is -0.470. The van der Waals surface area contributed by atoms with Gasteiger partial charge in [-0.3, -0.25) is 9.59 Å². The van der Waals surface area contributed by atoms with Gasteiger partial charge in [-0.1, -0.05) is 58.4 Å². The Kier molecular flexibility index (Phi) is 6.13. The Morgan fingerprint density at radius 3 is 2.59 bits per heavy atom. The molecule has 27 heavy (non-hydrogen) atoms. The third-order valence-corrected chi connectivity index (χ3v) is 4.51. The molecular formula is C20H16BrFN2O3. The quantitative estimate of drug-likeness (QED) is 0.423. The topological polar surface area (TPSA) is 61.2 Å². The maximum absolute atomic E-state index is 13.8. The molecule has 0 amide bonds. The molecule has 5 nitrogen and oxygen atoms in total. The molecule has 0 aliphatic heterocycles. The normalized spacial score (nSPS) is 10.6. The number of benzene rings is 2. The Bertz CT molecular complexity index is 1010. The average molecular weight is 431 g/mol. The number of ketones is 1. The molecule has 1 heterocycles. The van der Waals surface area contributed by atoms with E-state index in [0.29, 0.717) is 23.2 Å². The van der Waals surface area contributed by atoms with Gasteiger partial charge in [-0.05, 0) is 17.2 Å². The zero-order valence-corrected chi connectivity index (χ0v) is 15.9. The van der Waals surface area contributed by atoms with Gasteiger partial charge in [0.15, 0.2) is 5.78 Å². The summed E-state index contributed by atoms with van der Waals surface area (Å²) < 4.78 is 20.4. The number of alkyl halides is 1. The van der Waals surface area contributed by atoms with Crippen LogP contribution in [0.25, 0.3) is 0 Å². The maximum Gasteiger partial charge on any atom is 0.270 e. The molecule has 3 rings (SSSR count). The summed E-state index contributed by atoms with van der Waals surface area (Å²) in [6.45, 7) is 0.0367. The molecule has 0 radical (unpaired) electrons. The largest absolute Gasteiger partial charge is 0.487 e. The molecule has 0 fully saturated rings. The molecule has 0 aliphatic rings. The van der Waals surface area contributed by atoms with E-state index in [9.17, 15) is 14.0 Å². The van der Waals surface area contributed by atoms with Crippen LogP contribution < -0.4 is 10.3 Å². The molecular weight excluding hydrogens is 415 g/mol. The van der Waals surface area contributed by atoms with Gasteiger partial charge in [0.2, 0.25) is 0 Å². The summed E-state index contributed by atoms with van der Waals surface area (Å²) in [6, 6.07) is 15.0. The predicted octanol–water partition coefficient (Wildman–Crippen LogP) is 3.74. The van der Waals surface area contributed by atoms with Crippen LogP contribution in [0.4, 0.5) is 4.39 Å². The molecule has 0 bridgehead atoms. The highest BCUT2D eigenvalue weighted by atomic mass is 79.9. The third-order valence-electron chi connectivity index (χ3n) is 3.91. The summed E-state index contributed by atoms with van der Waals surface area (Å²) in [6.07, 6.45) is 1.38. The lowest BCUT2D eigenvalue weighted by molar-refractivity contribution is 0.0965. The van der Waals surface area contributed by atoms with Crippen molar-refractivity contribution in [1.82, 2.24) is 9.78 Å². The van der Waals surface area contributed by atoms with Gasteiger partial charge in [-0.15, -0.1) is 0 Å².